The third kappa shape index (κ3) is 2.49. The molecular formula is C9H13BrN2O. The predicted octanol–water partition coefficient (Wildman–Crippen LogP) is 1.53. The van der Waals surface area contributed by atoms with E-state index in [9.17, 15) is 5.11 Å². The molecule has 0 amide bonds. The van der Waals surface area contributed by atoms with Crippen LogP contribution < -0.4 is 5.73 Å². The number of hydrogen-bond donors (Lipinski definition) is 2. The van der Waals surface area contributed by atoms with E-state index in [1.54, 1.807) is 12.4 Å². The summed E-state index contributed by atoms with van der Waals surface area (Å²) in [6.45, 7) is 2.40. The molecule has 0 spiro atoms. The molecule has 3 N–H and O–H groups in total. The number of rotatable bonds is 3. The van der Waals surface area contributed by atoms with E-state index in [1.807, 2.05) is 6.92 Å². The quantitative estimate of drug-likeness (QED) is 0.849. The van der Waals surface area contributed by atoms with Crippen LogP contribution in [0.15, 0.2) is 16.9 Å². The lowest BCUT2D eigenvalue weighted by Gasteiger charge is -2.13. The van der Waals surface area contributed by atoms with E-state index in [4.69, 9.17) is 5.73 Å². The molecule has 0 saturated carbocycles. The van der Waals surface area contributed by atoms with Crippen molar-refractivity contribution in [2.75, 3.05) is 6.54 Å². The van der Waals surface area contributed by atoms with E-state index >= 15 is 0 Å². The Morgan fingerprint density at radius 3 is 2.85 bits per heavy atom. The second kappa shape index (κ2) is 4.69. The summed E-state index contributed by atoms with van der Waals surface area (Å²) < 4.78 is 0.841. The van der Waals surface area contributed by atoms with Gasteiger partial charge in [0.15, 0.2) is 0 Å². The monoisotopic (exact) mass is 244 g/mol. The zero-order valence-electron chi connectivity index (χ0n) is 7.50. The van der Waals surface area contributed by atoms with E-state index in [1.165, 1.54) is 0 Å². The third-order valence-electron chi connectivity index (χ3n) is 1.91. The van der Waals surface area contributed by atoms with Crippen LogP contribution in [-0.4, -0.2) is 16.6 Å². The molecule has 1 heterocycles. The largest absolute Gasteiger partial charge is 0.388 e. The first kappa shape index (κ1) is 10.6. The molecule has 0 saturated heterocycles. The molecule has 1 rings (SSSR count). The fraction of sp³-hybridized carbons (Fsp3) is 0.444. The first-order valence-electron chi connectivity index (χ1n) is 4.15. The summed E-state index contributed by atoms with van der Waals surface area (Å²) in [5.41, 5.74) is 7.25. The molecule has 0 fully saturated rings. The van der Waals surface area contributed by atoms with Gasteiger partial charge >= 0.3 is 0 Å². The van der Waals surface area contributed by atoms with Crippen molar-refractivity contribution >= 4 is 15.9 Å². The number of nitrogens with zero attached hydrogens (tertiary/aromatic N) is 1. The molecule has 72 valence electrons. The van der Waals surface area contributed by atoms with E-state index in [0.717, 1.165) is 15.6 Å². The van der Waals surface area contributed by atoms with Crippen LogP contribution >= 0.6 is 15.9 Å². The number of aliphatic hydroxyl groups is 1. The zero-order valence-corrected chi connectivity index (χ0v) is 9.08. The maximum absolute atomic E-state index is 9.74. The minimum Gasteiger partial charge on any atom is -0.388 e. The average molecular weight is 245 g/mol. The van der Waals surface area contributed by atoms with Crippen LogP contribution in [0.5, 0.6) is 0 Å². The Kier molecular flexibility index (Phi) is 3.84. The van der Waals surface area contributed by atoms with Gasteiger partial charge in [-0.25, -0.2) is 0 Å². The van der Waals surface area contributed by atoms with Crippen molar-refractivity contribution in [3.05, 3.63) is 28.0 Å². The van der Waals surface area contributed by atoms with Crippen LogP contribution in [0, 0.1) is 6.92 Å². The highest BCUT2D eigenvalue weighted by atomic mass is 79.9. The highest BCUT2D eigenvalue weighted by Gasteiger charge is 2.12. The number of halogens is 1. The minimum absolute atomic E-state index is 0.482. The SMILES string of the molecule is Cc1cncc(Br)c1C(O)CCN. The van der Waals surface area contributed by atoms with Gasteiger partial charge in [0, 0.05) is 22.4 Å². The predicted molar refractivity (Wildman–Crippen MR) is 55.3 cm³/mol. The van der Waals surface area contributed by atoms with Crippen molar-refractivity contribution < 1.29 is 5.11 Å². The lowest BCUT2D eigenvalue weighted by Crippen LogP contribution is -2.08. The molecule has 0 radical (unpaired) electrons. The smallest absolute Gasteiger partial charge is 0.0816 e. The van der Waals surface area contributed by atoms with Gasteiger partial charge in [-0.1, -0.05) is 0 Å². The van der Waals surface area contributed by atoms with Gasteiger partial charge in [0.25, 0.3) is 0 Å². The molecule has 0 aliphatic rings. The van der Waals surface area contributed by atoms with Crippen molar-refractivity contribution in [3.8, 4) is 0 Å². The van der Waals surface area contributed by atoms with Crippen LogP contribution in [0.2, 0.25) is 0 Å². The lowest BCUT2D eigenvalue weighted by atomic mass is 10.0. The standard InChI is InChI=1S/C9H13BrN2O/c1-6-4-12-5-7(10)9(6)8(13)2-3-11/h4-5,8,13H,2-3,11H2,1H3. The van der Waals surface area contributed by atoms with Crippen LogP contribution in [0.3, 0.4) is 0 Å². The van der Waals surface area contributed by atoms with Gasteiger partial charge in [-0.2, -0.15) is 0 Å². The minimum atomic E-state index is -0.498. The van der Waals surface area contributed by atoms with E-state index in [0.29, 0.717) is 13.0 Å². The summed E-state index contributed by atoms with van der Waals surface area (Å²) in [6.07, 6.45) is 3.49. The summed E-state index contributed by atoms with van der Waals surface area (Å²) >= 11 is 3.35. The zero-order chi connectivity index (χ0) is 9.84. The van der Waals surface area contributed by atoms with Crippen molar-refractivity contribution in [2.45, 2.75) is 19.4 Å². The van der Waals surface area contributed by atoms with Crippen LogP contribution in [-0.2, 0) is 0 Å². The van der Waals surface area contributed by atoms with Crippen LogP contribution in [0.4, 0.5) is 0 Å². The van der Waals surface area contributed by atoms with E-state index < -0.39 is 6.10 Å². The summed E-state index contributed by atoms with van der Waals surface area (Å²) in [6, 6.07) is 0. The number of hydrogen-bond acceptors (Lipinski definition) is 3. The maximum Gasteiger partial charge on any atom is 0.0816 e. The van der Waals surface area contributed by atoms with Crippen molar-refractivity contribution in [3.63, 3.8) is 0 Å². The third-order valence-corrected chi connectivity index (χ3v) is 2.54. The van der Waals surface area contributed by atoms with Gasteiger partial charge in [0.1, 0.15) is 0 Å². The van der Waals surface area contributed by atoms with Gasteiger partial charge in [-0.15, -0.1) is 0 Å². The average Bonchev–Trinajstić information content (AvgIpc) is 2.04. The number of pyridine rings is 1. The number of nitrogens with two attached hydrogens (primary N) is 1. The van der Waals surface area contributed by atoms with E-state index in [-0.39, 0.29) is 0 Å². The number of aliphatic hydroxyl groups excluding tert-OH is 1. The van der Waals surface area contributed by atoms with Gasteiger partial charge in [0.2, 0.25) is 0 Å². The fourth-order valence-corrected chi connectivity index (χ4v) is 1.96. The van der Waals surface area contributed by atoms with Gasteiger partial charge in [0.05, 0.1) is 6.10 Å². The lowest BCUT2D eigenvalue weighted by molar-refractivity contribution is 0.168. The normalized spacial score (nSPS) is 12.9. The molecule has 1 atom stereocenters. The molecule has 0 aliphatic carbocycles. The molecule has 4 heteroatoms. The fourth-order valence-electron chi connectivity index (χ4n) is 1.27. The molecule has 0 bridgehead atoms. The Morgan fingerprint density at radius 2 is 2.31 bits per heavy atom. The molecule has 1 unspecified atom stereocenters. The van der Waals surface area contributed by atoms with E-state index in [2.05, 4.69) is 20.9 Å². The van der Waals surface area contributed by atoms with Gasteiger partial charge in [-0.05, 0) is 41.4 Å². The van der Waals surface area contributed by atoms with Gasteiger partial charge in [-0.3, -0.25) is 4.98 Å². The van der Waals surface area contributed by atoms with Gasteiger partial charge < -0.3 is 10.8 Å². The van der Waals surface area contributed by atoms with Crippen LogP contribution in [0.1, 0.15) is 23.7 Å². The molecule has 1 aromatic rings. The Labute approximate surface area is 86.1 Å². The molecule has 3 nitrogen and oxygen atoms in total. The van der Waals surface area contributed by atoms with Crippen molar-refractivity contribution in [1.29, 1.82) is 0 Å². The van der Waals surface area contributed by atoms with Crippen molar-refractivity contribution in [2.24, 2.45) is 5.73 Å². The second-order valence-electron chi connectivity index (χ2n) is 2.95. The first-order chi connectivity index (χ1) is 6.16. The summed E-state index contributed by atoms with van der Waals surface area (Å²) in [4.78, 5) is 4.00. The summed E-state index contributed by atoms with van der Waals surface area (Å²) in [5, 5.41) is 9.74. The molecule has 1 aromatic heterocycles. The first-order valence-corrected chi connectivity index (χ1v) is 4.94. The number of aromatic nitrogens is 1. The topological polar surface area (TPSA) is 59.1 Å². The van der Waals surface area contributed by atoms with Crippen LogP contribution in [0.25, 0.3) is 0 Å². The molecular weight excluding hydrogens is 232 g/mol. The molecule has 0 aromatic carbocycles. The molecule has 0 aliphatic heterocycles. The second-order valence-corrected chi connectivity index (χ2v) is 3.80. The Morgan fingerprint density at radius 1 is 1.62 bits per heavy atom. The Bertz CT molecular complexity index is 271. The maximum atomic E-state index is 9.74. The Hall–Kier alpha value is -0.450. The Balaban J connectivity index is 2.98. The summed E-state index contributed by atoms with van der Waals surface area (Å²) in [7, 11) is 0. The summed E-state index contributed by atoms with van der Waals surface area (Å²) in [5.74, 6) is 0. The van der Waals surface area contributed by atoms with Crippen molar-refractivity contribution in [1.82, 2.24) is 4.98 Å². The molecule has 13 heavy (non-hydrogen) atoms. The highest BCUT2D eigenvalue weighted by molar-refractivity contribution is 9.10. The number of aryl methyl sites for hydroxylation is 1. The highest BCUT2D eigenvalue weighted by Crippen LogP contribution is 2.27.